The van der Waals surface area contributed by atoms with Crippen molar-refractivity contribution in [3.05, 3.63) is 52.8 Å². The van der Waals surface area contributed by atoms with Crippen molar-refractivity contribution in [2.45, 2.75) is 48.4 Å². The summed E-state index contributed by atoms with van der Waals surface area (Å²) in [5.41, 5.74) is 2.60. The van der Waals surface area contributed by atoms with Gasteiger partial charge in [0.1, 0.15) is 5.65 Å². The molecule has 2 aromatic heterocycles. The number of aromatic nitrogens is 2. The van der Waals surface area contributed by atoms with Crippen molar-refractivity contribution in [2.75, 3.05) is 6.26 Å². The summed E-state index contributed by atoms with van der Waals surface area (Å²) in [4.78, 5) is 16.5. The number of hydrogen-bond acceptors (Lipinski definition) is 5. The average molecular weight is 467 g/mol. The van der Waals surface area contributed by atoms with Crippen LogP contribution >= 0.6 is 24.2 Å². The molecule has 30 heavy (non-hydrogen) atoms. The van der Waals surface area contributed by atoms with E-state index in [9.17, 15) is 13.2 Å². The summed E-state index contributed by atoms with van der Waals surface area (Å²) < 4.78 is 25.7. The summed E-state index contributed by atoms with van der Waals surface area (Å²) in [7, 11) is -3.34. The summed E-state index contributed by atoms with van der Waals surface area (Å²) in [6.45, 7) is 2.71. The zero-order chi connectivity index (χ0) is 22.1. The first-order valence-corrected chi connectivity index (χ1v) is 12.1. The quantitative estimate of drug-likeness (QED) is 0.545. The van der Waals surface area contributed by atoms with Crippen LogP contribution in [0.25, 0.3) is 11.0 Å². The standard InChI is InChI=1S/C14H16N2O4S.C7H7ClS/c1-21(19,20)12-4-5-15-14-10(12)8-11-9(7-13(17)18)3-2-6-16(11)14;1-5-2-3-6(9)4-7(5)8/h4-5,8-9H,2-3,6-7H2,1H3,(H,17,18);2-4,9H,1H3. The number of carboxylic acids is 1. The molecule has 160 valence electrons. The topological polar surface area (TPSA) is 89.3 Å². The summed E-state index contributed by atoms with van der Waals surface area (Å²) in [5, 5.41) is 10.4. The fourth-order valence-corrected chi connectivity index (χ4v) is 5.00. The summed E-state index contributed by atoms with van der Waals surface area (Å²) in [5.74, 6) is -0.923. The maximum Gasteiger partial charge on any atom is 0.304 e. The van der Waals surface area contributed by atoms with Crippen molar-refractivity contribution in [3.8, 4) is 0 Å². The van der Waals surface area contributed by atoms with Crippen LogP contribution in [0.4, 0.5) is 0 Å². The van der Waals surface area contributed by atoms with Gasteiger partial charge in [0.15, 0.2) is 9.84 Å². The minimum absolute atomic E-state index is 0.0600. The van der Waals surface area contributed by atoms with Crippen LogP contribution in [0.15, 0.2) is 46.3 Å². The second-order valence-electron chi connectivity index (χ2n) is 7.41. The van der Waals surface area contributed by atoms with E-state index < -0.39 is 15.8 Å². The summed E-state index contributed by atoms with van der Waals surface area (Å²) in [6.07, 6.45) is 4.40. The molecule has 0 fully saturated rings. The predicted octanol–water partition coefficient (Wildman–Crippen LogP) is 4.73. The number of rotatable bonds is 3. The van der Waals surface area contributed by atoms with Gasteiger partial charge in [-0.3, -0.25) is 4.79 Å². The lowest BCUT2D eigenvalue weighted by Crippen LogP contribution is -2.17. The molecule has 3 aromatic rings. The predicted molar refractivity (Wildman–Crippen MR) is 121 cm³/mol. The zero-order valence-corrected chi connectivity index (χ0v) is 19.1. The molecule has 0 bridgehead atoms. The zero-order valence-electron chi connectivity index (χ0n) is 16.7. The van der Waals surface area contributed by atoms with Crippen LogP contribution in [-0.2, 0) is 21.2 Å². The van der Waals surface area contributed by atoms with Crippen molar-refractivity contribution < 1.29 is 18.3 Å². The van der Waals surface area contributed by atoms with E-state index >= 15 is 0 Å². The Morgan fingerprint density at radius 3 is 2.67 bits per heavy atom. The number of benzene rings is 1. The Labute approximate surface area is 186 Å². The van der Waals surface area contributed by atoms with E-state index in [2.05, 4.69) is 17.6 Å². The SMILES string of the molecule is CS(=O)(=O)c1ccnc2c1cc1n2CCCC1CC(=O)O.Cc1ccc(S)cc1Cl. The van der Waals surface area contributed by atoms with E-state index in [1.807, 2.05) is 29.7 Å². The molecule has 1 aliphatic heterocycles. The lowest BCUT2D eigenvalue weighted by Gasteiger charge is -2.23. The van der Waals surface area contributed by atoms with Gasteiger partial charge in [-0.25, -0.2) is 13.4 Å². The number of aliphatic carboxylic acids is 1. The van der Waals surface area contributed by atoms with Gasteiger partial charge in [-0.15, -0.1) is 12.6 Å². The number of hydrogen-bond donors (Lipinski definition) is 2. The van der Waals surface area contributed by atoms with Gasteiger partial charge in [0.05, 0.1) is 11.3 Å². The molecule has 9 heteroatoms. The Morgan fingerprint density at radius 2 is 2.07 bits per heavy atom. The van der Waals surface area contributed by atoms with Crippen molar-refractivity contribution in [3.63, 3.8) is 0 Å². The smallest absolute Gasteiger partial charge is 0.304 e. The first kappa shape index (κ1) is 22.7. The molecule has 1 aromatic carbocycles. The van der Waals surface area contributed by atoms with Gasteiger partial charge in [0.25, 0.3) is 0 Å². The molecule has 0 radical (unpaired) electrons. The normalized spacial score (nSPS) is 15.9. The van der Waals surface area contributed by atoms with Gasteiger partial charge in [-0.1, -0.05) is 17.7 Å². The monoisotopic (exact) mass is 466 g/mol. The summed E-state index contributed by atoms with van der Waals surface area (Å²) >= 11 is 9.88. The highest BCUT2D eigenvalue weighted by Crippen LogP contribution is 2.36. The number of halogens is 1. The third kappa shape index (κ3) is 4.99. The van der Waals surface area contributed by atoms with Gasteiger partial charge < -0.3 is 9.67 Å². The molecule has 4 rings (SSSR count). The van der Waals surface area contributed by atoms with Crippen LogP contribution in [0.3, 0.4) is 0 Å². The van der Waals surface area contributed by atoms with Crippen LogP contribution in [0, 0.1) is 6.92 Å². The summed E-state index contributed by atoms with van der Waals surface area (Å²) in [6, 6.07) is 9.00. The molecule has 0 aliphatic carbocycles. The molecule has 3 heterocycles. The Hall–Kier alpha value is -2.03. The number of pyridine rings is 1. The molecule has 1 unspecified atom stereocenters. The Balaban J connectivity index is 0.000000239. The molecule has 1 N–H and O–H groups in total. The molecule has 1 atom stereocenters. The van der Waals surface area contributed by atoms with Gasteiger partial charge >= 0.3 is 5.97 Å². The van der Waals surface area contributed by atoms with E-state index in [-0.39, 0.29) is 17.2 Å². The Morgan fingerprint density at radius 1 is 1.33 bits per heavy atom. The fraction of sp³-hybridized carbons (Fsp3) is 0.333. The Bertz CT molecular complexity index is 1210. The van der Waals surface area contributed by atoms with E-state index in [0.717, 1.165) is 40.6 Å². The second kappa shape index (κ2) is 8.99. The van der Waals surface area contributed by atoms with Crippen LogP contribution in [-0.4, -0.2) is 35.3 Å². The molecule has 6 nitrogen and oxygen atoms in total. The minimum atomic E-state index is -3.34. The second-order valence-corrected chi connectivity index (χ2v) is 10.3. The number of carboxylic acid groups (broad SMARTS) is 1. The third-order valence-corrected chi connectivity index (χ3v) is 6.96. The number of carbonyl (C=O) groups is 1. The van der Waals surface area contributed by atoms with E-state index in [4.69, 9.17) is 16.7 Å². The number of thiol groups is 1. The molecule has 0 spiro atoms. The molecule has 0 amide bonds. The molecule has 0 saturated carbocycles. The van der Waals surface area contributed by atoms with Gasteiger partial charge in [-0.05, 0) is 49.6 Å². The molecular weight excluding hydrogens is 444 g/mol. The highest BCUT2D eigenvalue weighted by atomic mass is 35.5. The van der Waals surface area contributed by atoms with Crippen LogP contribution in [0.1, 0.15) is 36.4 Å². The van der Waals surface area contributed by atoms with Crippen molar-refractivity contribution in [2.24, 2.45) is 0 Å². The maximum absolute atomic E-state index is 11.9. The highest BCUT2D eigenvalue weighted by molar-refractivity contribution is 7.91. The van der Waals surface area contributed by atoms with Crippen molar-refractivity contribution in [1.82, 2.24) is 9.55 Å². The molecule has 1 aliphatic rings. The maximum atomic E-state index is 11.9. The fourth-order valence-electron chi connectivity index (χ4n) is 3.68. The first-order chi connectivity index (χ1) is 14.1. The van der Waals surface area contributed by atoms with Crippen molar-refractivity contribution >= 4 is 51.1 Å². The number of sulfone groups is 1. The largest absolute Gasteiger partial charge is 0.481 e. The first-order valence-electron chi connectivity index (χ1n) is 9.43. The lowest BCUT2D eigenvalue weighted by atomic mass is 9.93. The van der Waals surface area contributed by atoms with Crippen LogP contribution in [0.5, 0.6) is 0 Å². The van der Waals surface area contributed by atoms with E-state index in [0.29, 0.717) is 11.0 Å². The number of aryl methyl sites for hydroxylation is 2. The van der Waals surface area contributed by atoms with Crippen molar-refractivity contribution in [1.29, 1.82) is 0 Å². The minimum Gasteiger partial charge on any atom is -0.481 e. The van der Waals surface area contributed by atoms with Gasteiger partial charge in [-0.2, -0.15) is 0 Å². The van der Waals surface area contributed by atoms with Crippen LogP contribution < -0.4 is 0 Å². The number of nitrogens with zero attached hydrogens (tertiary/aromatic N) is 2. The van der Waals surface area contributed by atoms with Gasteiger partial charge in [0.2, 0.25) is 0 Å². The van der Waals surface area contributed by atoms with Crippen LogP contribution in [0.2, 0.25) is 5.02 Å². The highest BCUT2D eigenvalue weighted by Gasteiger charge is 2.27. The number of fused-ring (bicyclic) bond motifs is 3. The average Bonchev–Trinajstić information content (AvgIpc) is 3.04. The van der Waals surface area contributed by atoms with E-state index in [1.54, 1.807) is 6.07 Å². The lowest BCUT2D eigenvalue weighted by molar-refractivity contribution is -0.137. The van der Waals surface area contributed by atoms with Gasteiger partial charge in [0, 0.05) is 45.9 Å². The molecule has 0 saturated heterocycles. The third-order valence-electron chi connectivity index (χ3n) is 5.12. The Kier molecular flexibility index (Phi) is 6.79. The molecular formula is C21H23ClN2O4S2. The van der Waals surface area contributed by atoms with E-state index in [1.165, 1.54) is 18.5 Å².